The molecule has 23 heavy (non-hydrogen) atoms. The van der Waals surface area contributed by atoms with Gasteiger partial charge in [0, 0.05) is 0 Å². The van der Waals surface area contributed by atoms with Crippen LogP contribution < -0.4 is 34.7 Å². The second kappa shape index (κ2) is 7.93. The summed E-state index contributed by atoms with van der Waals surface area (Å²) in [5.74, 6) is -1.25. The van der Waals surface area contributed by atoms with Crippen molar-refractivity contribution in [3.63, 3.8) is 0 Å². The molecule has 3 rings (SSSR count). The van der Waals surface area contributed by atoms with Crippen molar-refractivity contribution < 1.29 is 44.6 Å². The van der Waals surface area contributed by atoms with E-state index >= 15 is 0 Å². The van der Waals surface area contributed by atoms with E-state index in [-0.39, 0.29) is 29.6 Å². The number of carboxylic acids is 1. The Morgan fingerprint density at radius 1 is 1.09 bits per heavy atom. The molecule has 0 radical (unpaired) electrons. The molecule has 0 fully saturated rings. The van der Waals surface area contributed by atoms with Crippen LogP contribution in [0.1, 0.15) is 30.1 Å². The van der Waals surface area contributed by atoms with Gasteiger partial charge in [-0.1, -0.05) is 48.5 Å². The number of hydrogen-bond acceptors (Lipinski definition) is 3. The predicted octanol–water partition coefficient (Wildman–Crippen LogP) is -0.596. The standard InChI is InChI=1S/C19H18O3.Na/c20-18(21)12-16-8-4-7-15-11-14(9-10-17(15)19(16)22)13-5-2-1-3-6-13;/h1-3,5-6,9-12,19,22H,4,7-8H2,(H,20,21);/q;+1/p-1/b16-12+;. The van der Waals surface area contributed by atoms with Gasteiger partial charge >= 0.3 is 29.6 Å². The zero-order valence-corrected chi connectivity index (χ0v) is 15.2. The molecule has 4 heteroatoms. The zero-order chi connectivity index (χ0) is 15.5. The smallest absolute Gasteiger partial charge is 0.545 e. The summed E-state index contributed by atoms with van der Waals surface area (Å²) in [5, 5.41) is 21.2. The summed E-state index contributed by atoms with van der Waals surface area (Å²) in [7, 11) is 0. The quantitative estimate of drug-likeness (QED) is 0.457. The average molecular weight is 316 g/mol. The van der Waals surface area contributed by atoms with Gasteiger partial charge in [-0.15, -0.1) is 0 Å². The van der Waals surface area contributed by atoms with Crippen molar-refractivity contribution in [2.75, 3.05) is 0 Å². The second-order valence-corrected chi connectivity index (χ2v) is 5.57. The van der Waals surface area contributed by atoms with Crippen LogP contribution in [-0.4, -0.2) is 11.1 Å². The van der Waals surface area contributed by atoms with Gasteiger partial charge < -0.3 is 15.0 Å². The molecule has 1 N–H and O–H groups in total. The third-order valence-electron chi connectivity index (χ3n) is 4.11. The third-order valence-corrected chi connectivity index (χ3v) is 4.11. The molecule has 1 unspecified atom stereocenters. The molecule has 0 amide bonds. The van der Waals surface area contributed by atoms with Crippen molar-refractivity contribution in [1.29, 1.82) is 0 Å². The number of aliphatic hydroxyl groups excluding tert-OH is 1. The Hall–Kier alpha value is -1.39. The molecule has 0 saturated carbocycles. The summed E-state index contributed by atoms with van der Waals surface area (Å²) in [5.41, 5.74) is 4.64. The van der Waals surface area contributed by atoms with E-state index in [9.17, 15) is 15.0 Å². The average Bonchev–Trinajstić information content (AvgIpc) is 2.67. The van der Waals surface area contributed by atoms with E-state index in [1.54, 1.807) is 0 Å². The molecular formula is C19H17NaO3. The molecule has 3 nitrogen and oxygen atoms in total. The van der Waals surface area contributed by atoms with Crippen LogP contribution in [0.15, 0.2) is 60.2 Å². The fraction of sp³-hybridized carbons (Fsp3) is 0.211. The molecule has 2 aromatic carbocycles. The Balaban J connectivity index is 0.00000192. The number of aliphatic hydroxyl groups is 1. The minimum atomic E-state index is -1.25. The van der Waals surface area contributed by atoms with Gasteiger partial charge in [-0.2, -0.15) is 0 Å². The Morgan fingerprint density at radius 2 is 1.83 bits per heavy atom. The molecule has 112 valence electrons. The third kappa shape index (κ3) is 4.12. The summed E-state index contributed by atoms with van der Waals surface area (Å²) in [6, 6.07) is 16.0. The SMILES string of the molecule is O=C([O-])/C=C1\CCCc2cc(-c3ccccc3)ccc2C1O.[Na+]. The zero-order valence-electron chi connectivity index (χ0n) is 13.2. The molecule has 1 atom stereocenters. The van der Waals surface area contributed by atoms with Crippen molar-refractivity contribution in [2.24, 2.45) is 0 Å². The molecular weight excluding hydrogens is 299 g/mol. The van der Waals surface area contributed by atoms with Crippen molar-refractivity contribution in [1.82, 2.24) is 0 Å². The van der Waals surface area contributed by atoms with E-state index in [0.717, 1.165) is 41.2 Å². The van der Waals surface area contributed by atoms with E-state index in [1.165, 1.54) is 0 Å². The van der Waals surface area contributed by atoms with Gasteiger partial charge in [0.25, 0.3) is 0 Å². The largest absolute Gasteiger partial charge is 1.00 e. The number of benzene rings is 2. The first-order valence-electron chi connectivity index (χ1n) is 7.43. The van der Waals surface area contributed by atoms with Crippen LogP contribution in [-0.2, 0) is 11.2 Å². The van der Waals surface area contributed by atoms with Crippen LogP contribution in [0.2, 0.25) is 0 Å². The number of carbonyl (C=O) groups is 1. The van der Waals surface area contributed by atoms with Gasteiger partial charge in [-0.05, 0) is 53.2 Å². The van der Waals surface area contributed by atoms with Crippen LogP contribution in [0.25, 0.3) is 11.1 Å². The molecule has 0 spiro atoms. The Morgan fingerprint density at radius 3 is 2.52 bits per heavy atom. The first kappa shape index (κ1) is 18.0. The van der Waals surface area contributed by atoms with Gasteiger partial charge in [0.1, 0.15) is 6.10 Å². The van der Waals surface area contributed by atoms with E-state index in [2.05, 4.69) is 18.2 Å². The van der Waals surface area contributed by atoms with Gasteiger partial charge in [0.05, 0.1) is 5.97 Å². The van der Waals surface area contributed by atoms with Crippen molar-refractivity contribution in [3.05, 3.63) is 71.3 Å². The fourth-order valence-corrected chi connectivity index (χ4v) is 3.02. The van der Waals surface area contributed by atoms with Crippen LogP contribution in [0.5, 0.6) is 0 Å². The Labute approximate surface area is 158 Å². The predicted molar refractivity (Wildman–Crippen MR) is 82.9 cm³/mol. The normalized spacial score (nSPS) is 18.7. The van der Waals surface area contributed by atoms with Crippen LogP contribution in [0.4, 0.5) is 0 Å². The number of aliphatic carboxylic acids is 1. The summed E-state index contributed by atoms with van der Waals surface area (Å²) in [6.45, 7) is 0. The number of carboxylic acid groups (broad SMARTS) is 1. The number of aryl methyl sites for hydroxylation is 1. The maximum absolute atomic E-state index is 10.8. The van der Waals surface area contributed by atoms with Crippen LogP contribution >= 0.6 is 0 Å². The molecule has 0 heterocycles. The first-order chi connectivity index (χ1) is 10.6. The van der Waals surface area contributed by atoms with Crippen LogP contribution in [0.3, 0.4) is 0 Å². The summed E-state index contributed by atoms with van der Waals surface area (Å²) in [4.78, 5) is 10.8. The van der Waals surface area contributed by atoms with Crippen molar-refractivity contribution >= 4 is 5.97 Å². The Kier molecular flexibility index (Phi) is 6.19. The van der Waals surface area contributed by atoms with Crippen LogP contribution in [0, 0.1) is 0 Å². The van der Waals surface area contributed by atoms with Gasteiger partial charge in [0.15, 0.2) is 0 Å². The van der Waals surface area contributed by atoms with Gasteiger partial charge in [0.2, 0.25) is 0 Å². The monoisotopic (exact) mass is 316 g/mol. The minimum absolute atomic E-state index is 0. The van der Waals surface area contributed by atoms with E-state index in [1.807, 2.05) is 30.3 Å². The maximum Gasteiger partial charge on any atom is 1.00 e. The summed E-state index contributed by atoms with van der Waals surface area (Å²) < 4.78 is 0. The molecule has 0 aromatic heterocycles. The summed E-state index contributed by atoms with van der Waals surface area (Å²) in [6.07, 6.45) is 2.40. The number of carbonyl (C=O) groups excluding carboxylic acids is 1. The van der Waals surface area contributed by atoms with E-state index in [0.29, 0.717) is 12.0 Å². The van der Waals surface area contributed by atoms with Gasteiger partial charge in [-0.3, -0.25) is 0 Å². The number of fused-ring (bicyclic) bond motifs is 1. The topological polar surface area (TPSA) is 60.4 Å². The second-order valence-electron chi connectivity index (χ2n) is 5.57. The molecule has 2 aromatic rings. The maximum atomic E-state index is 10.8. The molecule has 1 aliphatic rings. The van der Waals surface area contributed by atoms with E-state index in [4.69, 9.17) is 0 Å². The molecule has 0 bridgehead atoms. The fourth-order valence-electron chi connectivity index (χ4n) is 3.02. The minimum Gasteiger partial charge on any atom is -0.545 e. The number of rotatable bonds is 2. The van der Waals surface area contributed by atoms with Gasteiger partial charge in [-0.25, -0.2) is 0 Å². The molecule has 1 aliphatic carbocycles. The van der Waals surface area contributed by atoms with E-state index < -0.39 is 12.1 Å². The Bertz CT molecular complexity index is 723. The summed E-state index contributed by atoms with van der Waals surface area (Å²) >= 11 is 0. The number of hydrogen-bond donors (Lipinski definition) is 1. The first-order valence-corrected chi connectivity index (χ1v) is 7.43. The van der Waals surface area contributed by atoms with Crippen molar-refractivity contribution in [3.8, 4) is 11.1 Å². The molecule has 0 aliphatic heterocycles. The van der Waals surface area contributed by atoms with Crippen molar-refractivity contribution in [2.45, 2.75) is 25.4 Å². The molecule has 0 saturated heterocycles.